The summed E-state index contributed by atoms with van der Waals surface area (Å²) in [7, 11) is -4.20. The monoisotopic (exact) mass is 646 g/mol. The van der Waals surface area contributed by atoms with Gasteiger partial charge in [0.2, 0.25) is 0 Å². The van der Waals surface area contributed by atoms with E-state index in [-0.39, 0.29) is 44.4 Å². The first kappa shape index (κ1) is 28.8. The highest BCUT2D eigenvalue weighted by Gasteiger charge is 2.43. The van der Waals surface area contributed by atoms with E-state index in [2.05, 4.69) is 15.9 Å². The summed E-state index contributed by atoms with van der Waals surface area (Å²) in [6.07, 6.45) is 1.33. The van der Waals surface area contributed by atoms with E-state index in [1.165, 1.54) is 30.3 Å². The van der Waals surface area contributed by atoms with Crippen LogP contribution in [0.4, 0.5) is 16.2 Å². The van der Waals surface area contributed by atoms with Crippen LogP contribution in [-0.2, 0) is 19.7 Å². The van der Waals surface area contributed by atoms with Crippen LogP contribution in [0, 0.1) is 0 Å². The van der Waals surface area contributed by atoms with E-state index in [1.807, 2.05) is 0 Å². The number of anilines is 2. The molecule has 0 aliphatic carbocycles. The molecule has 4 aromatic rings. The first-order valence-corrected chi connectivity index (χ1v) is 14.9. The lowest BCUT2D eigenvalue weighted by Gasteiger charge is -2.34. The number of benzene rings is 4. The number of rotatable bonds is 8. The first-order valence-electron chi connectivity index (χ1n) is 12.7. The molecule has 1 aliphatic heterocycles. The molecule has 0 N–H and O–H groups in total. The molecule has 11 heteroatoms. The maximum atomic E-state index is 13.7. The van der Waals surface area contributed by atoms with Gasteiger partial charge in [0.25, 0.3) is 11.8 Å². The van der Waals surface area contributed by atoms with E-state index >= 15 is 0 Å². The molecule has 0 radical (unpaired) electrons. The summed E-state index contributed by atoms with van der Waals surface area (Å²) in [5, 5.41) is 0. The molecular formula is C31H23BrN2O7S. The SMILES string of the molecule is CCOc1cc(C=C2C(=O)N(c3ccccc3)C(=O)N(c3ccccc3)C2=O)cc(Br)c1OS(=O)(=O)c1ccccc1. The predicted octanol–water partition coefficient (Wildman–Crippen LogP) is 6.20. The van der Waals surface area contributed by atoms with Gasteiger partial charge in [-0.25, -0.2) is 14.6 Å². The van der Waals surface area contributed by atoms with Crippen molar-refractivity contribution in [2.24, 2.45) is 0 Å². The second-order valence-electron chi connectivity index (χ2n) is 8.91. The molecule has 42 heavy (non-hydrogen) atoms. The predicted molar refractivity (Wildman–Crippen MR) is 161 cm³/mol. The third kappa shape index (κ3) is 5.69. The summed E-state index contributed by atoms with van der Waals surface area (Å²) in [6, 6.07) is 26.3. The molecule has 5 rings (SSSR count). The molecule has 212 valence electrons. The first-order chi connectivity index (χ1) is 20.2. The van der Waals surface area contributed by atoms with Crippen molar-refractivity contribution in [3.05, 3.63) is 119 Å². The van der Waals surface area contributed by atoms with Gasteiger partial charge in [0.1, 0.15) is 10.5 Å². The maximum absolute atomic E-state index is 13.7. The van der Waals surface area contributed by atoms with Crippen LogP contribution < -0.4 is 18.7 Å². The Balaban J connectivity index is 1.60. The largest absolute Gasteiger partial charge is 0.490 e. The lowest BCUT2D eigenvalue weighted by molar-refractivity contribution is -0.121. The van der Waals surface area contributed by atoms with Gasteiger partial charge in [0, 0.05) is 0 Å². The van der Waals surface area contributed by atoms with Crippen LogP contribution in [0.25, 0.3) is 6.08 Å². The van der Waals surface area contributed by atoms with Crippen LogP contribution in [0.3, 0.4) is 0 Å². The minimum absolute atomic E-state index is 0.0457. The van der Waals surface area contributed by atoms with Gasteiger partial charge in [-0.1, -0.05) is 54.6 Å². The smallest absolute Gasteiger partial charge is 0.343 e. The van der Waals surface area contributed by atoms with Crippen LogP contribution in [-0.4, -0.2) is 32.9 Å². The van der Waals surface area contributed by atoms with E-state index in [9.17, 15) is 22.8 Å². The van der Waals surface area contributed by atoms with Crippen LogP contribution in [0.15, 0.2) is 118 Å². The number of ether oxygens (including phenoxy) is 1. The molecule has 0 bridgehead atoms. The molecule has 1 aliphatic rings. The number of hydrogen-bond donors (Lipinski definition) is 0. The Morgan fingerprint density at radius 3 is 1.76 bits per heavy atom. The average Bonchev–Trinajstić information content (AvgIpc) is 2.99. The van der Waals surface area contributed by atoms with Crippen LogP contribution >= 0.6 is 15.9 Å². The lowest BCUT2D eigenvalue weighted by atomic mass is 10.0. The summed E-state index contributed by atoms with van der Waals surface area (Å²) >= 11 is 3.35. The van der Waals surface area contributed by atoms with E-state index < -0.39 is 28.0 Å². The van der Waals surface area contributed by atoms with E-state index in [1.54, 1.807) is 85.8 Å². The van der Waals surface area contributed by atoms with Gasteiger partial charge in [-0.05, 0) is 83.0 Å². The number of amides is 4. The molecule has 0 aromatic heterocycles. The highest BCUT2D eigenvalue weighted by atomic mass is 79.9. The molecule has 1 heterocycles. The molecule has 0 atom stereocenters. The van der Waals surface area contributed by atoms with Crippen molar-refractivity contribution in [1.82, 2.24) is 0 Å². The van der Waals surface area contributed by atoms with Crippen molar-refractivity contribution in [3.8, 4) is 11.5 Å². The normalized spacial score (nSPS) is 13.8. The molecule has 4 aromatic carbocycles. The second-order valence-corrected chi connectivity index (χ2v) is 11.3. The van der Waals surface area contributed by atoms with Gasteiger partial charge >= 0.3 is 16.1 Å². The fourth-order valence-electron chi connectivity index (χ4n) is 4.27. The zero-order valence-electron chi connectivity index (χ0n) is 22.1. The number of imide groups is 2. The Kier molecular flexibility index (Phi) is 8.23. The van der Waals surface area contributed by atoms with Crippen LogP contribution in [0.1, 0.15) is 12.5 Å². The standard InChI is InChI=1S/C31H23BrN2O7S/c1-2-40-27-20-21(19-26(32)28(27)41-42(38,39)24-16-10-5-11-17-24)18-25-29(35)33(22-12-6-3-7-13-22)31(37)34(30(25)36)23-14-8-4-9-15-23/h3-20H,2H2,1H3. The summed E-state index contributed by atoms with van der Waals surface area (Å²) in [5.41, 5.74) is 0.611. The third-order valence-electron chi connectivity index (χ3n) is 6.15. The summed E-state index contributed by atoms with van der Waals surface area (Å²) in [5.74, 6) is -1.67. The van der Waals surface area contributed by atoms with Gasteiger partial charge in [-0.2, -0.15) is 8.42 Å². The van der Waals surface area contributed by atoms with Crippen molar-refractivity contribution in [2.45, 2.75) is 11.8 Å². The minimum Gasteiger partial charge on any atom is -0.490 e. The van der Waals surface area contributed by atoms with Crippen molar-refractivity contribution in [1.29, 1.82) is 0 Å². The minimum atomic E-state index is -4.20. The molecule has 4 amide bonds. The molecule has 1 saturated heterocycles. The fourth-order valence-corrected chi connectivity index (χ4v) is 5.89. The van der Waals surface area contributed by atoms with Gasteiger partial charge in [-0.15, -0.1) is 0 Å². The van der Waals surface area contributed by atoms with Crippen molar-refractivity contribution < 1.29 is 31.7 Å². The lowest BCUT2D eigenvalue weighted by Crippen LogP contribution is -2.57. The van der Waals surface area contributed by atoms with E-state index in [0.717, 1.165) is 9.80 Å². The third-order valence-corrected chi connectivity index (χ3v) is 7.97. The average molecular weight is 648 g/mol. The highest BCUT2D eigenvalue weighted by Crippen LogP contribution is 2.40. The molecule has 1 fully saturated rings. The number of hydrogen-bond acceptors (Lipinski definition) is 7. The van der Waals surface area contributed by atoms with Crippen molar-refractivity contribution in [3.63, 3.8) is 0 Å². The van der Waals surface area contributed by atoms with Gasteiger partial charge in [0.15, 0.2) is 11.5 Å². The Bertz CT molecular complexity index is 1730. The number of para-hydroxylation sites is 2. The Morgan fingerprint density at radius 1 is 0.762 bits per heavy atom. The maximum Gasteiger partial charge on any atom is 0.343 e. The number of halogens is 1. The van der Waals surface area contributed by atoms with Crippen LogP contribution in [0.5, 0.6) is 11.5 Å². The number of barbiturate groups is 1. The zero-order valence-corrected chi connectivity index (χ0v) is 24.5. The van der Waals surface area contributed by atoms with Crippen molar-refractivity contribution in [2.75, 3.05) is 16.4 Å². The van der Waals surface area contributed by atoms with Crippen molar-refractivity contribution >= 4 is 61.3 Å². The number of urea groups is 1. The van der Waals surface area contributed by atoms with E-state index in [0.29, 0.717) is 5.56 Å². The Hall–Kier alpha value is -4.74. The Labute approximate surface area is 250 Å². The number of nitrogens with zero attached hydrogens (tertiary/aromatic N) is 2. The molecule has 0 saturated carbocycles. The van der Waals surface area contributed by atoms with Gasteiger partial charge < -0.3 is 8.92 Å². The second kappa shape index (κ2) is 12.0. The summed E-state index contributed by atoms with van der Waals surface area (Å²) < 4.78 is 37.2. The van der Waals surface area contributed by atoms with E-state index in [4.69, 9.17) is 8.92 Å². The topological polar surface area (TPSA) is 110 Å². The number of carbonyl (C=O) groups excluding carboxylic acids is 3. The number of carbonyl (C=O) groups is 3. The highest BCUT2D eigenvalue weighted by molar-refractivity contribution is 9.10. The molecule has 0 unspecified atom stereocenters. The fraction of sp³-hybridized carbons (Fsp3) is 0.0645. The van der Waals surface area contributed by atoms with Crippen LogP contribution in [0.2, 0.25) is 0 Å². The Morgan fingerprint density at radius 2 is 1.26 bits per heavy atom. The zero-order chi connectivity index (χ0) is 29.9. The van der Waals surface area contributed by atoms with Gasteiger partial charge in [0.05, 0.1) is 22.5 Å². The quantitative estimate of drug-likeness (QED) is 0.127. The molecule has 9 nitrogen and oxygen atoms in total. The molecular weight excluding hydrogens is 624 g/mol. The van der Waals surface area contributed by atoms with Gasteiger partial charge in [-0.3, -0.25) is 9.59 Å². The summed E-state index contributed by atoms with van der Waals surface area (Å²) in [6.45, 7) is 1.88. The summed E-state index contributed by atoms with van der Waals surface area (Å²) in [4.78, 5) is 42.7. The molecule has 0 spiro atoms.